The highest BCUT2D eigenvalue weighted by molar-refractivity contribution is 7.80. The third-order valence-electron chi connectivity index (χ3n) is 1.97. The third kappa shape index (κ3) is 2.40. The highest BCUT2D eigenvalue weighted by Gasteiger charge is 2.08. The van der Waals surface area contributed by atoms with Crippen molar-refractivity contribution in [3.8, 4) is 0 Å². The van der Waals surface area contributed by atoms with Crippen LogP contribution >= 0.6 is 36.6 Å². The Morgan fingerprint density at radius 3 is 2.69 bits per heavy atom. The molecule has 0 spiro atoms. The van der Waals surface area contributed by atoms with E-state index in [1.165, 1.54) is 6.07 Å². The summed E-state index contributed by atoms with van der Waals surface area (Å²) in [6, 6.07) is 6.51. The fraction of sp³-hybridized carbons (Fsp3) is 0. The molecule has 2 aromatic rings. The molecule has 0 radical (unpaired) electrons. The average Bonchev–Trinajstić information content (AvgIpc) is 2.16. The number of aromatic carboxylic acids is 1. The molecule has 84 valence electrons. The first kappa shape index (κ1) is 13.1. The maximum atomic E-state index is 10.8. The van der Waals surface area contributed by atoms with Gasteiger partial charge >= 0.3 is 5.97 Å². The van der Waals surface area contributed by atoms with Crippen molar-refractivity contribution in [1.29, 1.82) is 0 Å². The number of carbonyl (C=O) groups is 1. The summed E-state index contributed by atoms with van der Waals surface area (Å²) in [6.45, 7) is 0. The molecule has 0 aliphatic carbocycles. The van der Waals surface area contributed by atoms with Crippen LogP contribution in [0, 0.1) is 0 Å². The smallest absolute Gasteiger partial charge is 0.354 e. The third-order valence-corrected chi connectivity index (χ3v) is 2.57. The van der Waals surface area contributed by atoms with Gasteiger partial charge < -0.3 is 5.11 Å². The van der Waals surface area contributed by atoms with Crippen LogP contribution in [0.3, 0.4) is 0 Å². The lowest BCUT2D eigenvalue weighted by Crippen LogP contribution is -2.00. The number of hydrogen-bond donors (Lipinski definition) is 2. The monoisotopic (exact) mass is 275 g/mol. The van der Waals surface area contributed by atoms with Crippen molar-refractivity contribution in [2.45, 2.75) is 4.90 Å². The van der Waals surface area contributed by atoms with Gasteiger partial charge in [0.15, 0.2) is 0 Å². The zero-order valence-electron chi connectivity index (χ0n) is 7.85. The van der Waals surface area contributed by atoms with E-state index in [4.69, 9.17) is 16.7 Å². The van der Waals surface area contributed by atoms with Crippen molar-refractivity contribution in [3.05, 3.63) is 35.0 Å². The highest BCUT2D eigenvalue weighted by Crippen LogP contribution is 2.24. The Morgan fingerprint density at radius 2 is 2.06 bits per heavy atom. The first-order valence-electron chi connectivity index (χ1n) is 4.10. The topological polar surface area (TPSA) is 50.2 Å². The maximum Gasteiger partial charge on any atom is 0.354 e. The number of halogens is 2. The van der Waals surface area contributed by atoms with E-state index in [2.05, 4.69) is 17.6 Å². The van der Waals surface area contributed by atoms with Crippen molar-refractivity contribution in [3.63, 3.8) is 0 Å². The van der Waals surface area contributed by atoms with Crippen LogP contribution in [0.2, 0.25) is 5.02 Å². The van der Waals surface area contributed by atoms with E-state index in [9.17, 15) is 4.79 Å². The molecule has 3 nitrogen and oxygen atoms in total. The second-order valence-corrected chi connectivity index (χ2v) is 3.91. The number of hydrogen-bond acceptors (Lipinski definition) is 3. The molecule has 1 aromatic heterocycles. The van der Waals surface area contributed by atoms with Crippen LogP contribution in [0.1, 0.15) is 10.5 Å². The first-order chi connectivity index (χ1) is 7.08. The summed E-state index contributed by atoms with van der Waals surface area (Å²) < 4.78 is 0. The minimum atomic E-state index is -1.08. The van der Waals surface area contributed by atoms with Crippen LogP contribution in [0.4, 0.5) is 0 Å². The molecule has 0 aliphatic rings. The lowest BCUT2D eigenvalue weighted by Gasteiger charge is -2.03. The van der Waals surface area contributed by atoms with Gasteiger partial charge in [0, 0.05) is 15.3 Å². The number of rotatable bonds is 1. The second kappa shape index (κ2) is 4.91. The quantitative estimate of drug-likeness (QED) is 0.786. The molecule has 0 atom stereocenters. The van der Waals surface area contributed by atoms with Crippen molar-refractivity contribution in [1.82, 2.24) is 4.98 Å². The summed E-state index contributed by atoms with van der Waals surface area (Å²) in [5.74, 6) is -1.08. The molecule has 1 N–H and O–H groups in total. The normalized spacial score (nSPS) is 9.88. The number of fused-ring (bicyclic) bond motifs is 1. The van der Waals surface area contributed by atoms with Crippen LogP contribution in [0.25, 0.3) is 10.9 Å². The van der Waals surface area contributed by atoms with E-state index in [0.717, 1.165) is 5.39 Å². The van der Waals surface area contributed by atoms with Crippen LogP contribution in [-0.2, 0) is 0 Å². The van der Waals surface area contributed by atoms with E-state index >= 15 is 0 Å². The fourth-order valence-corrected chi connectivity index (χ4v) is 1.77. The van der Waals surface area contributed by atoms with E-state index in [1.807, 2.05) is 0 Å². The molecule has 0 amide bonds. The number of pyridine rings is 1. The molecule has 0 aliphatic heterocycles. The fourth-order valence-electron chi connectivity index (χ4n) is 1.29. The molecule has 1 heterocycles. The van der Waals surface area contributed by atoms with Crippen LogP contribution in [0.15, 0.2) is 29.2 Å². The highest BCUT2D eigenvalue weighted by atomic mass is 35.5. The van der Waals surface area contributed by atoms with Gasteiger partial charge in [-0.05, 0) is 18.2 Å². The largest absolute Gasteiger partial charge is 0.477 e. The van der Waals surface area contributed by atoms with Gasteiger partial charge in [-0.3, -0.25) is 0 Å². The van der Waals surface area contributed by atoms with E-state index in [1.54, 1.807) is 18.2 Å². The number of carboxylic acids is 1. The summed E-state index contributed by atoms with van der Waals surface area (Å²) in [4.78, 5) is 15.3. The molecule has 0 bridgehead atoms. The summed E-state index contributed by atoms with van der Waals surface area (Å²) in [7, 11) is 0. The predicted octanol–water partition coefficient (Wildman–Crippen LogP) is 3.30. The van der Waals surface area contributed by atoms with Gasteiger partial charge in [0.1, 0.15) is 5.69 Å². The summed E-state index contributed by atoms with van der Waals surface area (Å²) in [5, 5.41) is 10.1. The van der Waals surface area contributed by atoms with Gasteiger partial charge in [-0.2, -0.15) is 0 Å². The SMILES string of the molecule is Cl.O=C(O)c1cc(S)c2ccc(Cl)cc2n1. The Hall–Kier alpha value is -0.970. The summed E-state index contributed by atoms with van der Waals surface area (Å²) in [6.07, 6.45) is 0. The van der Waals surface area contributed by atoms with E-state index in [-0.39, 0.29) is 18.1 Å². The van der Waals surface area contributed by atoms with Gasteiger partial charge in [-0.1, -0.05) is 17.7 Å². The Bertz CT molecular complexity index is 560. The molecular formula is C10H7Cl2NO2S. The maximum absolute atomic E-state index is 10.8. The zero-order chi connectivity index (χ0) is 11.0. The molecule has 1 aromatic carbocycles. The van der Waals surface area contributed by atoms with Crippen molar-refractivity contribution in [2.75, 3.05) is 0 Å². The van der Waals surface area contributed by atoms with Gasteiger partial charge in [0.05, 0.1) is 5.52 Å². The van der Waals surface area contributed by atoms with Crippen LogP contribution in [-0.4, -0.2) is 16.1 Å². The van der Waals surface area contributed by atoms with E-state index in [0.29, 0.717) is 15.4 Å². The molecule has 0 saturated heterocycles. The predicted molar refractivity (Wildman–Crippen MR) is 68.2 cm³/mol. The molecular weight excluding hydrogens is 269 g/mol. The number of aromatic nitrogens is 1. The van der Waals surface area contributed by atoms with Gasteiger partial charge in [0.25, 0.3) is 0 Å². The molecule has 0 unspecified atom stereocenters. The van der Waals surface area contributed by atoms with Crippen LogP contribution in [0.5, 0.6) is 0 Å². The molecule has 16 heavy (non-hydrogen) atoms. The minimum absolute atomic E-state index is 0. The molecule has 6 heteroatoms. The van der Waals surface area contributed by atoms with Crippen molar-refractivity contribution < 1.29 is 9.90 Å². The Morgan fingerprint density at radius 1 is 1.38 bits per heavy atom. The van der Waals surface area contributed by atoms with Gasteiger partial charge in [0.2, 0.25) is 0 Å². The van der Waals surface area contributed by atoms with Crippen molar-refractivity contribution >= 4 is 53.5 Å². The van der Waals surface area contributed by atoms with Crippen molar-refractivity contribution in [2.24, 2.45) is 0 Å². The Labute approximate surface area is 108 Å². The minimum Gasteiger partial charge on any atom is -0.477 e. The standard InChI is InChI=1S/C10H6ClNO2S.ClH/c11-5-1-2-6-7(3-5)12-8(10(13)14)4-9(6)15;/h1-4H,(H,12,15)(H,13,14);1H. The number of benzene rings is 1. The van der Waals surface area contributed by atoms with Crippen LogP contribution < -0.4 is 0 Å². The first-order valence-corrected chi connectivity index (χ1v) is 4.93. The summed E-state index contributed by atoms with van der Waals surface area (Å²) in [5.41, 5.74) is 0.502. The van der Waals surface area contributed by atoms with Gasteiger partial charge in [-0.15, -0.1) is 25.0 Å². The zero-order valence-corrected chi connectivity index (χ0v) is 10.3. The molecule has 2 rings (SSSR count). The van der Waals surface area contributed by atoms with E-state index < -0.39 is 5.97 Å². The lowest BCUT2D eigenvalue weighted by molar-refractivity contribution is 0.0690. The Kier molecular flexibility index (Phi) is 4.02. The number of thiol groups is 1. The average molecular weight is 276 g/mol. The van der Waals surface area contributed by atoms with Gasteiger partial charge in [-0.25, -0.2) is 9.78 Å². The second-order valence-electron chi connectivity index (χ2n) is 2.99. The lowest BCUT2D eigenvalue weighted by atomic mass is 10.2. The Balaban J connectivity index is 0.00000128. The summed E-state index contributed by atoms with van der Waals surface area (Å²) >= 11 is 9.99. The number of nitrogens with zero attached hydrogens (tertiary/aromatic N) is 1. The molecule has 0 fully saturated rings. The molecule has 0 saturated carbocycles. The number of carboxylic acid groups (broad SMARTS) is 1.